The molecule has 1 aromatic rings. The van der Waals surface area contributed by atoms with Gasteiger partial charge in [-0.1, -0.05) is 0 Å². The monoisotopic (exact) mass is 246 g/mol. The molecule has 1 atom stereocenters. The van der Waals surface area contributed by atoms with Crippen molar-refractivity contribution in [1.29, 1.82) is 0 Å². The first-order valence-corrected chi connectivity index (χ1v) is 4.18. The third kappa shape index (κ3) is 1.96. The molecule has 0 bridgehead atoms. The Kier molecular flexibility index (Phi) is 2.84. The summed E-state index contributed by atoms with van der Waals surface area (Å²) in [7, 11) is 0. The van der Waals surface area contributed by atoms with Gasteiger partial charge in [-0.2, -0.15) is 0 Å². The van der Waals surface area contributed by atoms with Gasteiger partial charge in [0.2, 0.25) is 5.43 Å². The Hall–Kier alpha value is -1.14. The number of carboxylic acid groups (broad SMARTS) is 1. The maximum atomic E-state index is 11.3. The molecule has 4 N–H and O–H groups in total. The Bertz CT molecular complexity index is 388. The minimum absolute atomic E-state index is 0.0295. The van der Waals surface area contributed by atoms with Crippen LogP contribution < -0.4 is 11.2 Å². The average Bonchev–Trinajstić information content (AvgIpc) is 2.08. The minimum atomic E-state index is -1.29. The third-order valence-electron chi connectivity index (χ3n) is 1.53. The number of hydrogen-bond acceptors (Lipinski definition) is 3. The SMILES string of the molecule is N[C@H](C(=O)O)c1c[nH]cc(Br)c1=O. The van der Waals surface area contributed by atoms with Gasteiger partial charge in [-0.3, -0.25) is 9.59 Å². The third-order valence-corrected chi connectivity index (χ3v) is 2.12. The van der Waals surface area contributed by atoms with Crippen LogP contribution in [-0.4, -0.2) is 16.1 Å². The van der Waals surface area contributed by atoms with E-state index in [1.807, 2.05) is 0 Å². The number of pyridine rings is 1. The van der Waals surface area contributed by atoms with Crippen LogP contribution in [0.15, 0.2) is 21.7 Å². The lowest BCUT2D eigenvalue weighted by atomic mass is 10.1. The predicted molar refractivity (Wildman–Crippen MR) is 49.3 cm³/mol. The van der Waals surface area contributed by atoms with Crippen LogP contribution in [0.4, 0.5) is 0 Å². The topological polar surface area (TPSA) is 96.2 Å². The molecule has 6 heteroatoms. The highest BCUT2D eigenvalue weighted by Crippen LogP contribution is 2.07. The largest absolute Gasteiger partial charge is 0.480 e. The summed E-state index contributed by atoms with van der Waals surface area (Å²) >= 11 is 2.97. The van der Waals surface area contributed by atoms with Crippen LogP contribution in [0.1, 0.15) is 11.6 Å². The zero-order valence-corrected chi connectivity index (χ0v) is 8.04. The summed E-state index contributed by atoms with van der Waals surface area (Å²) in [5, 5.41) is 8.56. The predicted octanol–water partition coefficient (Wildman–Crippen LogP) is 0.222. The Balaban J connectivity index is 3.23. The first-order valence-electron chi connectivity index (χ1n) is 3.39. The number of halogens is 1. The number of carboxylic acids is 1. The lowest BCUT2D eigenvalue weighted by Crippen LogP contribution is -2.27. The van der Waals surface area contributed by atoms with Crippen molar-refractivity contribution in [2.45, 2.75) is 6.04 Å². The van der Waals surface area contributed by atoms with Crippen molar-refractivity contribution in [3.8, 4) is 0 Å². The summed E-state index contributed by atoms with van der Waals surface area (Å²) in [6, 6.07) is -1.29. The fourth-order valence-electron chi connectivity index (χ4n) is 0.838. The number of H-pyrrole nitrogens is 1. The molecule has 0 fully saturated rings. The molecule has 1 heterocycles. The summed E-state index contributed by atoms with van der Waals surface area (Å²) in [4.78, 5) is 24.4. The van der Waals surface area contributed by atoms with E-state index in [0.29, 0.717) is 0 Å². The van der Waals surface area contributed by atoms with Crippen molar-refractivity contribution in [2.24, 2.45) is 5.73 Å². The van der Waals surface area contributed by atoms with E-state index in [0.717, 1.165) is 0 Å². The van der Waals surface area contributed by atoms with Crippen molar-refractivity contribution >= 4 is 21.9 Å². The summed E-state index contributed by atoms with van der Waals surface area (Å²) in [6.07, 6.45) is 2.70. The normalized spacial score (nSPS) is 12.5. The zero-order valence-electron chi connectivity index (χ0n) is 6.45. The summed E-state index contributed by atoms with van der Waals surface area (Å²) < 4.78 is 0.265. The van der Waals surface area contributed by atoms with Crippen molar-refractivity contribution in [2.75, 3.05) is 0 Å². The first kappa shape index (κ1) is 9.94. The number of carbonyl (C=O) groups is 1. The average molecular weight is 247 g/mol. The smallest absolute Gasteiger partial charge is 0.325 e. The number of hydrogen-bond donors (Lipinski definition) is 3. The van der Waals surface area contributed by atoms with Crippen LogP contribution in [0.2, 0.25) is 0 Å². The molecular formula is C7H7BrN2O3. The molecule has 0 unspecified atom stereocenters. The van der Waals surface area contributed by atoms with Crippen LogP contribution in [-0.2, 0) is 4.79 Å². The molecule has 0 saturated carbocycles. The van der Waals surface area contributed by atoms with E-state index in [1.165, 1.54) is 12.4 Å². The van der Waals surface area contributed by atoms with Gasteiger partial charge >= 0.3 is 5.97 Å². The molecule has 0 aliphatic heterocycles. The lowest BCUT2D eigenvalue weighted by Gasteiger charge is -2.04. The molecule has 0 aromatic carbocycles. The highest BCUT2D eigenvalue weighted by atomic mass is 79.9. The molecule has 0 aliphatic carbocycles. The van der Waals surface area contributed by atoms with Gasteiger partial charge in [0.25, 0.3) is 0 Å². The van der Waals surface area contributed by atoms with Crippen molar-refractivity contribution in [3.05, 3.63) is 32.7 Å². The molecule has 0 saturated heterocycles. The number of aromatic nitrogens is 1. The molecule has 70 valence electrons. The fourth-order valence-corrected chi connectivity index (χ4v) is 1.20. The Morgan fingerprint density at radius 3 is 2.77 bits per heavy atom. The summed E-state index contributed by atoms with van der Waals surface area (Å²) in [5.41, 5.74) is 4.89. The second-order valence-corrected chi connectivity index (χ2v) is 3.26. The number of nitrogens with one attached hydrogen (secondary N) is 1. The van der Waals surface area contributed by atoms with Gasteiger partial charge < -0.3 is 15.8 Å². The number of nitrogens with two attached hydrogens (primary N) is 1. The first-order chi connectivity index (χ1) is 6.04. The Morgan fingerprint density at radius 1 is 1.62 bits per heavy atom. The minimum Gasteiger partial charge on any atom is -0.480 e. The molecule has 0 aliphatic rings. The molecule has 5 nitrogen and oxygen atoms in total. The van der Waals surface area contributed by atoms with Gasteiger partial charge in [-0.25, -0.2) is 0 Å². The van der Waals surface area contributed by atoms with Gasteiger partial charge in [0, 0.05) is 18.0 Å². The summed E-state index contributed by atoms with van der Waals surface area (Å²) in [5.74, 6) is -1.23. The molecule has 0 radical (unpaired) electrons. The van der Waals surface area contributed by atoms with Gasteiger partial charge in [0.1, 0.15) is 6.04 Å². The van der Waals surface area contributed by atoms with Crippen LogP contribution in [0.5, 0.6) is 0 Å². The molecular weight excluding hydrogens is 240 g/mol. The Morgan fingerprint density at radius 2 is 2.23 bits per heavy atom. The molecule has 13 heavy (non-hydrogen) atoms. The van der Waals surface area contributed by atoms with E-state index in [4.69, 9.17) is 10.8 Å². The van der Waals surface area contributed by atoms with Gasteiger partial charge in [-0.15, -0.1) is 0 Å². The van der Waals surface area contributed by atoms with E-state index in [1.54, 1.807) is 0 Å². The van der Waals surface area contributed by atoms with Gasteiger partial charge in [0.05, 0.1) is 4.47 Å². The van der Waals surface area contributed by atoms with Crippen LogP contribution in [0, 0.1) is 0 Å². The maximum Gasteiger partial charge on any atom is 0.325 e. The van der Waals surface area contributed by atoms with Crippen molar-refractivity contribution in [1.82, 2.24) is 4.98 Å². The van der Waals surface area contributed by atoms with E-state index >= 15 is 0 Å². The molecule has 0 amide bonds. The lowest BCUT2D eigenvalue weighted by molar-refractivity contribution is -0.138. The second kappa shape index (κ2) is 3.71. The Labute approximate surface area is 81.7 Å². The van der Waals surface area contributed by atoms with E-state index in [9.17, 15) is 9.59 Å². The van der Waals surface area contributed by atoms with E-state index in [2.05, 4.69) is 20.9 Å². The van der Waals surface area contributed by atoms with Crippen molar-refractivity contribution < 1.29 is 9.90 Å². The van der Waals surface area contributed by atoms with Crippen LogP contribution >= 0.6 is 15.9 Å². The molecule has 1 rings (SSSR count). The summed E-state index contributed by atoms with van der Waals surface area (Å²) in [6.45, 7) is 0. The number of rotatable bonds is 2. The highest BCUT2D eigenvalue weighted by Gasteiger charge is 2.18. The second-order valence-electron chi connectivity index (χ2n) is 2.40. The molecule has 0 spiro atoms. The fraction of sp³-hybridized carbons (Fsp3) is 0.143. The van der Waals surface area contributed by atoms with E-state index in [-0.39, 0.29) is 10.0 Å². The highest BCUT2D eigenvalue weighted by molar-refractivity contribution is 9.10. The maximum absolute atomic E-state index is 11.3. The van der Waals surface area contributed by atoms with Gasteiger partial charge in [0.15, 0.2) is 0 Å². The van der Waals surface area contributed by atoms with Gasteiger partial charge in [-0.05, 0) is 15.9 Å². The van der Waals surface area contributed by atoms with Crippen LogP contribution in [0.3, 0.4) is 0 Å². The standard InChI is InChI=1S/C7H7BrN2O3/c8-4-2-10-1-3(6(4)11)5(9)7(12)13/h1-2,5H,9H2,(H,10,11)(H,12,13)/t5-/m0/s1. The number of aliphatic carboxylic acids is 1. The van der Waals surface area contributed by atoms with Crippen LogP contribution in [0.25, 0.3) is 0 Å². The quantitative estimate of drug-likeness (QED) is 0.696. The van der Waals surface area contributed by atoms with E-state index < -0.39 is 17.4 Å². The zero-order chi connectivity index (χ0) is 10.0. The number of aromatic amines is 1. The van der Waals surface area contributed by atoms with Crippen molar-refractivity contribution in [3.63, 3.8) is 0 Å². The molecule has 1 aromatic heterocycles.